The number of carbonyl (C=O) groups excluding carboxylic acids is 1. The van der Waals surface area contributed by atoms with Crippen LogP contribution in [0.15, 0.2) is 12.3 Å². The van der Waals surface area contributed by atoms with Crippen molar-refractivity contribution < 1.29 is 4.79 Å². The standard InChI is InChI=1S/C11H13N3O/c1-4-7(2)14-11(15)10-5-9(12)6-13-8(10)3/h1,5-7H,12H2,2-3H3,(H,14,15). The third-order valence-electron chi connectivity index (χ3n) is 1.95. The van der Waals surface area contributed by atoms with E-state index in [2.05, 4.69) is 16.2 Å². The van der Waals surface area contributed by atoms with Crippen molar-refractivity contribution in [3.8, 4) is 12.3 Å². The molecule has 0 aliphatic heterocycles. The predicted molar refractivity (Wildman–Crippen MR) is 59.1 cm³/mol. The summed E-state index contributed by atoms with van der Waals surface area (Å²) < 4.78 is 0. The van der Waals surface area contributed by atoms with Crippen molar-refractivity contribution in [2.45, 2.75) is 19.9 Å². The number of amides is 1. The Kier molecular flexibility index (Phi) is 3.29. The van der Waals surface area contributed by atoms with Crippen LogP contribution in [-0.4, -0.2) is 16.9 Å². The fourth-order valence-corrected chi connectivity index (χ4v) is 1.10. The normalized spacial score (nSPS) is 11.5. The number of aromatic nitrogens is 1. The van der Waals surface area contributed by atoms with Crippen LogP contribution in [0.5, 0.6) is 0 Å². The summed E-state index contributed by atoms with van der Waals surface area (Å²) in [5.74, 6) is 2.16. The fraction of sp³-hybridized carbons (Fsp3) is 0.273. The second-order valence-electron chi connectivity index (χ2n) is 3.26. The maximum Gasteiger partial charge on any atom is 0.254 e. The minimum Gasteiger partial charge on any atom is -0.397 e. The number of pyridine rings is 1. The molecule has 0 aliphatic carbocycles. The minimum absolute atomic E-state index is 0.252. The second kappa shape index (κ2) is 4.47. The maximum atomic E-state index is 11.7. The Hall–Kier alpha value is -2.02. The molecule has 0 radical (unpaired) electrons. The third-order valence-corrected chi connectivity index (χ3v) is 1.95. The monoisotopic (exact) mass is 203 g/mol. The lowest BCUT2D eigenvalue weighted by atomic mass is 10.1. The number of hydrogen-bond acceptors (Lipinski definition) is 3. The Morgan fingerprint density at radius 1 is 1.73 bits per heavy atom. The number of nitrogens with one attached hydrogen (secondary N) is 1. The van der Waals surface area contributed by atoms with Gasteiger partial charge in [-0.2, -0.15) is 0 Å². The van der Waals surface area contributed by atoms with Gasteiger partial charge in [0.1, 0.15) is 0 Å². The lowest BCUT2D eigenvalue weighted by Crippen LogP contribution is -2.32. The highest BCUT2D eigenvalue weighted by atomic mass is 16.1. The Labute approximate surface area is 88.9 Å². The molecule has 1 atom stereocenters. The smallest absolute Gasteiger partial charge is 0.254 e. The fourth-order valence-electron chi connectivity index (χ4n) is 1.10. The van der Waals surface area contributed by atoms with E-state index in [0.29, 0.717) is 16.9 Å². The topological polar surface area (TPSA) is 68.0 Å². The molecule has 78 valence electrons. The van der Waals surface area contributed by atoms with E-state index in [1.165, 1.54) is 6.20 Å². The van der Waals surface area contributed by atoms with Gasteiger partial charge in [0.05, 0.1) is 29.2 Å². The van der Waals surface area contributed by atoms with Crippen molar-refractivity contribution in [1.29, 1.82) is 0 Å². The van der Waals surface area contributed by atoms with E-state index in [4.69, 9.17) is 12.2 Å². The lowest BCUT2D eigenvalue weighted by Gasteiger charge is -2.09. The molecule has 0 spiro atoms. The van der Waals surface area contributed by atoms with Gasteiger partial charge < -0.3 is 11.1 Å². The largest absolute Gasteiger partial charge is 0.397 e. The van der Waals surface area contributed by atoms with E-state index in [-0.39, 0.29) is 11.9 Å². The highest BCUT2D eigenvalue weighted by Gasteiger charge is 2.11. The first-order valence-corrected chi connectivity index (χ1v) is 4.53. The molecule has 1 aromatic heterocycles. The molecule has 1 rings (SSSR count). The first kappa shape index (κ1) is 11.1. The number of terminal acetylenes is 1. The minimum atomic E-state index is -0.307. The van der Waals surface area contributed by atoms with Gasteiger partial charge in [-0.05, 0) is 19.9 Å². The molecule has 0 aliphatic rings. The molecule has 1 amide bonds. The SMILES string of the molecule is C#CC(C)NC(=O)c1cc(N)cnc1C. The molecule has 0 bridgehead atoms. The van der Waals surface area contributed by atoms with E-state index in [9.17, 15) is 4.79 Å². The van der Waals surface area contributed by atoms with Gasteiger partial charge in [0.15, 0.2) is 0 Å². The number of aryl methyl sites for hydroxylation is 1. The van der Waals surface area contributed by atoms with Gasteiger partial charge in [-0.1, -0.05) is 5.92 Å². The molecular weight excluding hydrogens is 190 g/mol. The Balaban J connectivity index is 2.92. The average Bonchev–Trinajstić information content (AvgIpc) is 2.21. The number of hydrogen-bond donors (Lipinski definition) is 2. The van der Waals surface area contributed by atoms with E-state index in [1.54, 1.807) is 19.9 Å². The van der Waals surface area contributed by atoms with Crippen molar-refractivity contribution >= 4 is 11.6 Å². The molecule has 4 nitrogen and oxygen atoms in total. The number of nitrogens with two attached hydrogens (primary N) is 1. The van der Waals surface area contributed by atoms with E-state index >= 15 is 0 Å². The zero-order valence-corrected chi connectivity index (χ0v) is 8.74. The third kappa shape index (κ3) is 2.71. The van der Waals surface area contributed by atoms with Crippen LogP contribution < -0.4 is 11.1 Å². The van der Waals surface area contributed by atoms with E-state index in [1.807, 2.05) is 0 Å². The second-order valence-corrected chi connectivity index (χ2v) is 3.26. The van der Waals surface area contributed by atoms with Gasteiger partial charge in [0.25, 0.3) is 5.91 Å². The van der Waals surface area contributed by atoms with Crippen LogP contribution in [0, 0.1) is 19.3 Å². The Morgan fingerprint density at radius 3 is 3.00 bits per heavy atom. The number of nitrogen functional groups attached to an aromatic ring is 1. The van der Waals surface area contributed by atoms with Crippen LogP contribution in [0.1, 0.15) is 23.0 Å². The highest BCUT2D eigenvalue weighted by molar-refractivity contribution is 5.96. The summed E-state index contributed by atoms with van der Waals surface area (Å²) in [5, 5.41) is 2.64. The van der Waals surface area contributed by atoms with Gasteiger partial charge in [0, 0.05) is 0 Å². The first-order valence-electron chi connectivity index (χ1n) is 4.53. The number of nitrogens with zero attached hydrogens (tertiary/aromatic N) is 1. The van der Waals surface area contributed by atoms with Crippen molar-refractivity contribution in [2.24, 2.45) is 0 Å². The van der Waals surface area contributed by atoms with Crippen LogP contribution in [0.2, 0.25) is 0 Å². The van der Waals surface area contributed by atoms with Gasteiger partial charge in [-0.25, -0.2) is 0 Å². The molecule has 1 unspecified atom stereocenters. The maximum absolute atomic E-state index is 11.7. The van der Waals surface area contributed by atoms with Crippen LogP contribution in [0.25, 0.3) is 0 Å². The van der Waals surface area contributed by atoms with E-state index < -0.39 is 0 Å². The predicted octanol–water partition coefficient (Wildman–Crippen LogP) is 0.724. The van der Waals surface area contributed by atoms with Crippen molar-refractivity contribution in [2.75, 3.05) is 5.73 Å². The van der Waals surface area contributed by atoms with Crippen LogP contribution in [-0.2, 0) is 0 Å². The van der Waals surface area contributed by atoms with E-state index in [0.717, 1.165) is 0 Å². The first-order chi connectivity index (χ1) is 7.04. The molecule has 0 fully saturated rings. The Morgan fingerprint density at radius 2 is 2.40 bits per heavy atom. The molecule has 1 heterocycles. The molecule has 15 heavy (non-hydrogen) atoms. The van der Waals surface area contributed by atoms with Crippen LogP contribution in [0.3, 0.4) is 0 Å². The molecule has 4 heteroatoms. The summed E-state index contributed by atoms with van der Waals surface area (Å²) in [6.45, 7) is 3.47. The summed E-state index contributed by atoms with van der Waals surface area (Å²) in [6, 6.07) is 1.28. The lowest BCUT2D eigenvalue weighted by molar-refractivity contribution is 0.0947. The summed E-state index contributed by atoms with van der Waals surface area (Å²) in [6.07, 6.45) is 6.67. The molecule has 0 saturated heterocycles. The quantitative estimate of drug-likeness (QED) is 0.696. The summed E-state index contributed by atoms with van der Waals surface area (Å²) in [4.78, 5) is 15.7. The van der Waals surface area contributed by atoms with Crippen LogP contribution in [0.4, 0.5) is 5.69 Å². The molecule has 0 saturated carbocycles. The number of rotatable bonds is 2. The number of carbonyl (C=O) groups is 1. The molecular formula is C11H13N3O. The summed E-state index contributed by atoms with van der Waals surface area (Å²) in [5.41, 5.74) is 7.09. The molecule has 0 aromatic carbocycles. The number of anilines is 1. The Bertz CT molecular complexity index is 420. The average molecular weight is 203 g/mol. The van der Waals surface area contributed by atoms with Crippen LogP contribution >= 0.6 is 0 Å². The summed E-state index contributed by atoms with van der Waals surface area (Å²) in [7, 11) is 0. The van der Waals surface area contributed by atoms with Gasteiger partial charge in [-0.3, -0.25) is 9.78 Å². The van der Waals surface area contributed by atoms with Gasteiger partial charge in [0.2, 0.25) is 0 Å². The highest BCUT2D eigenvalue weighted by Crippen LogP contribution is 2.09. The van der Waals surface area contributed by atoms with Crippen molar-refractivity contribution in [3.63, 3.8) is 0 Å². The van der Waals surface area contributed by atoms with Crippen molar-refractivity contribution in [1.82, 2.24) is 10.3 Å². The zero-order valence-electron chi connectivity index (χ0n) is 8.74. The van der Waals surface area contributed by atoms with Crippen molar-refractivity contribution in [3.05, 3.63) is 23.5 Å². The summed E-state index contributed by atoms with van der Waals surface area (Å²) >= 11 is 0. The van der Waals surface area contributed by atoms with Gasteiger partial charge in [-0.15, -0.1) is 6.42 Å². The molecule has 3 N–H and O–H groups in total. The zero-order chi connectivity index (χ0) is 11.4. The van der Waals surface area contributed by atoms with Gasteiger partial charge >= 0.3 is 0 Å². The molecule has 1 aromatic rings.